The Hall–Kier alpha value is -4.34. The van der Waals surface area contributed by atoms with Crippen LogP contribution in [0.2, 0.25) is 0 Å². The summed E-state index contributed by atoms with van der Waals surface area (Å²) in [5.74, 6) is -13.2. The third-order valence-electron chi connectivity index (χ3n) is 6.90. The minimum Gasteiger partial charge on any atom is -0.482 e. The largest absolute Gasteiger partial charge is 0.482 e. The van der Waals surface area contributed by atoms with Gasteiger partial charge in [-0.25, -0.2) is 30.4 Å². The number of hydrogen-bond acceptors (Lipinski definition) is 8. The zero-order valence-corrected chi connectivity index (χ0v) is 29.3. The molecule has 0 aliphatic rings. The summed E-state index contributed by atoms with van der Waals surface area (Å²) in [6.45, 7) is 4.50. The van der Waals surface area contributed by atoms with Crippen LogP contribution in [0.3, 0.4) is 0 Å². The second-order valence-corrected chi connectivity index (χ2v) is 16.5. The molecule has 264 valence electrons. The van der Waals surface area contributed by atoms with E-state index in [1.807, 2.05) is 0 Å². The lowest BCUT2D eigenvalue weighted by Crippen LogP contribution is -2.27. The zero-order chi connectivity index (χ0) is 36.5. The van der Waals surface area contributed by atoms with Crippen LogP contribution < -0.4 is 14.5 Å². The van der Waals surface area contributed by atoms with Crippen LogP contribution in [-0.4, -0.2) is 54.8 Å². The van der Waals surface area contributed by atoms with Gasteiger partial charge in [0.25, 0.3) is 0 Å². The van der Waals surface area contributed by atoms with Gasteiger partial charge in [0.1, 0.15) is 11.4 Å². The highest BCUT2D eigenvalue weighted by Crippen LogP contribution is 2.71. The van der Waals surface area contributed by atoms with Gasteiger partial charge in [-0.2, -0.15) is 8.42 Å². The van der Waals surface area contributed by atoms with E-state index in [0.29, 0.717) is 11.4 Å². The molecular formula is C34H35F5N2O6S2. The maximum atomic E-state index is 15.1. The third-order valence-corrected chi connectivity index (χ3v) is 12.1. The van der Waals surface area contributed by atoms with Crippen LogP contribution in [0.1, 0.15) is 20.8 Å². The molecule has 0 aromatic heterocycles. The minimum absolute atomic E-state index is 0.0623. The van der Waals surface area contributed by atoms with E-state index in [1.165, 1.54) is 48.5 Å². The first-order chi connectivity index (χ1) is 22.8. The van der Waals surface area contributed by atoms with Gasteiger partial charge in [0.05, 0.1) is 0 Å². The van der Waals surface area contributed by atoms with Gasteiger partial charge in [-0.15, -0.1) is 0 Å². The molecule has 4 aromatic carbocycles. The summed E-state index contributed by atoms with van der Waals surface area (Å²) in [6.07, 6.45) is 0. The Balaban J connectivity index is 2.03. The lowest BCUT2D eigenvalue weighted by Gasteiger charge is -2.40. The molecule has 49 heavy (non-hydrogen) atoms. The Morgan fingerprint density at radius 2 is 1.12 bits per heavy atom. The molecule has 0 bridgehead atoms. The summed E-state index contributed by atoms with van der Waals surface area (Å²) in [6, 6.07) is 18.5. The fraction of sp³-hybridized carbons (Fsp3) is 0.265. The summed E-state index contributed by atoms with van der Waals surface area (Å²) < 4.78 is 118. The van der Waals surface area contributed by atoms with E-state index in [4.69, 9.17) is 13.1 Å². The molecule has 0 N–H and O–H groups in total. The molecule has 4 aromatic rings. The van der Waals surface area contributed by atoms with E-state index < -0.39 is 72.6 Å². The van der Waals surface area contributed by atoms with Crippen LogP contribution in [0, 0.1) is 29.1 Å². The molecule has 0 aliphatic heterocycles. The summed E-state index contributed by atoms with van der Waals surface area (Å²) in [4.78, 5) is 14.2. The Morgan fingerprint density at radius 1 is 0.673 bits per heavy atom. The number of anilines is 2. The quantitative estimate of drug-likeness (QED) is 0.0670. The van der Waals surface area contributed by atoms with Crippen molar-refractivity contribution in [3.8, 4) is 5.75 Å². The number of carbonyl (C=O) groups excluding carboxylic acids is 1. The van der Waals surface area contributed by atoms with Crippen LogP contribution in [-0.2, 0) is 23.3 Å². The van der Waals surface area contributed by atoms with Gasteiger partial charge in [0, 0.05) is 54.3 Å². The number of nitrogens with zero attached hydrogens (tertiary/aromatic N) is 2. The highest BCUT2D eigenvalue weighted by atomic mass is 32.3. The van der Waals surface area contributed by atoms with Gasteiger partial charge < -0.3 is 19.3 Å². The molecule has 0 amide bonds. The topological polar surface area (TPSA) is 85.4 Å². The van der Waals surface area contributed by atoms with Crippen molar-refractivity contribution >= 4 is 37.8 Å². The molecule has 0 radical (unpaired) electrons. The molecule has 4 rings (SSSR count). The normalized spacial score (nSPS) is 12.4. The number of rotatable bonds is 11. The fourth-order valence-corrected chi connectivity index (χ4v) is 9.94. The molecule has 15 heteroatoms. The molecular weight excluding hydrogens is 692 g/mol. The Kier molecular flexibility index (Phi) is 10.9. The molecule has 0 fully saturated rings. The summed E-state index contributed by atoms with van der Waals surface area (Å²) >= 11 is 0. The number of ether oxygens (including phenoxy) is 2. The highest BCUT2D eigenvalue weighted by molar-refractivity contribution is 8.33. The SMILES string of the molecule is CN(C)c1ccc(S(OS(=O)(=O)c2c(F)c(F)c(F)c(F)c2F)(c2ccc(N(C)C)cc2)c2cccc(OCC(=O)OC(C)(C)C)c2)cc1. The van der Waals surface area contributed by atoms with Crippen LogP contribution in [0.25, 0.3) is 0 Å². The second kappa shape index (κ2) is 14.3. The van der Waals surface area contributed by atoms with E-state index in [1.54, 1.807) is 83.0 Å². The molecule has 8 nitrogen and oxygen atoms in total. The van der Waals surface area contributed by atoms with Crippen molar-refractivity contribution in [2.45, 2.75) is 46.0 Å². The van der Waals surface area contributed by atoms with E-state index in [-0.39, 0.29) is 20.4 Å². The highest BCUT2D eigenvalue weighted by Gasteiger charge is 2.43. The van der Waals surface area contributed by atoms with Crippen LogP contribution in [0.4, 0.5) is 33.3 Å². The van der Waals surface area contributed by atoms with Crippen molar-refractivity contribution in [1.29, 1.82) is 0 Å². The number of hydrogen-bond donors (Lipinski definition) is 0. The molecule has 0 saturated heterocycles. The minimum atomic E-state index is -5.79. The van der Waals surface area contributed by atoms with Gasteiger partial charge in [-0.3, -0.25) is 0 Å². The molecule has 0 unspecified atom stereocenters. The van der Waals surface area contributed by atoms with Crippen LogP contribution in [0.15, 0.2) is 92.4 Å². The summed E-state index contributed by atoms with van der Waals surface area (Å²) in [5.41, 5.74) is 0.583. The summed E-state index contributed by atoms with van der Waals surface area (Å²) in [5, 5.41) is 0. The summed E-state index contributed by atoms with van der Waals surface area (Å²) in [7, 11) is -2.39. The van der Waals surface area contributed by atoms with E-state index in [9.17, 15) is 26.4 Å². The maximum absolute atomic E-state index is 15.1. The first kappa shape index (κ1) is 37.5. The smallest absolute Gasteiger partial charge is 0.344 e. The average molecular weight is 727 g/mol. The maximum Gasteiger partial charge on any atom is 0.344 e. The zero-order valence-electron chi connectivity index (χ0n) is 27.7. The van der Waals surface area contributed by atoms with Crippen molar-refractivity contribution in [1.82, 2.24) is 0 Å². The Bertz CT molecular complexity index is 1870. The third kappa shape index (κ3) is 7.94. The van der Waals surface area contributed by atoms with E-state index in [0.717, 1.165) is 0 Å². The fourth-order valence-electron chi connectivity index (χ4n) is 4.63. The standard InChI is InChI=1S/C34H35F5N2O6S2/c1-34(2,3)46-27(42)20-45-23-9-8-10-26(19-23)48(24-15-11-21(12-16-24)40(4)5,25-17-13-22(14-18-25)41(6)7)47-49(43,44)33-31(38)29(36)28(35)30(37)32(33)39/h8-19H,20H2,1-7H3. The van der Waals surface area contributed by atoms with Gasteiger partial charge in [0.15, 0.2) is 34.8 Å². The van der Waals surface area contributed by atoms with Crippen LogP contribution >= 0.6 is 10.3 Å². The first-order valence-electron chi connectivity index (χ1n) is 14.6. The molecule has 0 aliphatic carbocycles. The van der Waals surface area contributed by atoms with Gasteiger partial charge >= 0.3 is 16.1 Å². The number of carbonyl (C=O) groups is 1. The molecule has 0 heterocycles. The number of halogens is 5. The van der Waals surface area contributed by atoms with Crippen molar-refractivity contribution in [2.75, 3.05) is 44.6 Å². The van der Waals surface area contributed by atoms with Crippen molar-refractivity contribution < 1.29 is 48.3 Å². The second-order valence-electron chi connectivity index (χ2n) is 12.1. The van der Waals surface area contributed by atoms with Crippen molar-refractivity contribution in [2.24, 2.45) is 0 Å². The van der Waals surface area contributed by atoms with Crippen molar-refractivity contribution in [3.63, 3.8) is 0 Å². The molecule has 0 spiro atoms. The number of esters is 1. The van der Waals surface area contributed by atoms with E-state index >= 15 is 8.78 Å². The Labute approximate surface area is 283 Å². The van der Waals surface area contributed by atoms with E-state index in [2.05, 4.69) is 0 Å². The Morgan fingerprint density at radius 3 is 1.55 bits per heavy atom. The monoisotopic (exact) mass is 726 g/mol. The van der Waals surface area contributed by atoms with Gasteiger partial charge in [-0.05, 0) is 97.8 Å². The lowest BCUT2D eigenvalue weighted by atomic mass is 10.2. The average Bonchev–Trinajstić information content (AvgIpc) is 3.04. The predicted molar refractivity (Wildman–Crippen MR) is 176 cm³/mol. The lowest BCUT2D eigenvalue weighted by molar-refractivity contribution is -0.157. The number of benzene rings is 4. The van der Waals surface area contributed by atoms with Crippen LogP contribution in [0.5, 0.6) is 5.75 Å². The molecule has 0 saturated carbocycles. The first-order valence-corrected chi connectivity index (χ1v) is 17.6. The predicted octanol–water partition coefficient (Wildman–Crippen LogP) is 7.84. The van der Waals surface area contributed by atoms with Crippen molar-refractivity contribution in [3.05, 3.63) is 102 Å². The van der Waals surface area contributed by atoms with Gasteiger partial charge in [0.2, 0.25) is 5.82 Å². The molecule has 0 atom stereocenters. The van der Waals surface area contributed by atoms with Gasteiger partial charge in [-0.1, -0.05) is 6.07 Å².